The van der Waals surface area contributed by atoms with Gasteiger partial charge in [0.1, 0.15) is 34.5 Å². The minimum atomic E-state index is -0.522. The first-order valence-electron chi connectivity index (χ1n) is 14.6. The predicted molar refractivity (Wildman–Crippen MR) is 178 cm³/mol. The molecule has 0 aliphatic carbocycles. The summed E-state index contributed by atoms with van der Waals surface area (Å²) >= 11 is 0. The van der Waals surface area contributed by atoms with Gasteiger partial charge in [0.2, 0.25) is 0 Å². The third kappa shape index (κ3) is 11.1. The number of nitrogens with zero attached hydrogens (tertiary/aromatic N) is 2. The van der Waals surface area contributed by atoms with Crippen LogP contribution >= 0.6 is 0 Å². The van der Waals surface area contributed by atoms with Gasteiger partial charge < -0.3 is 20.1 Å². The number of aliphatic imine (C=N–C) groups is 1. The van der Waals surface area contributed by atoms with Crippen LogP contribution in [0.1, 0.15) is 76.9 Å². The van der Waals surface area contributed by atoms with Crippen molar-refractivity contribution in [3.8, 4) is 11.5 Å². The Morgan fingerprint density at radius 1 is 1.02 bits per heavy atom. The van der Waals surface area contributed by atoms with E-state index in [1.54, 1.807) is 65.3 Å². The molecule has 0 atom stereocenters. The number of anilines is 2. The van der Waals surface area contributed by atoms with Gasteiger partial charge in [0.05, 0.1) is 18.5 Å². The minimum Gasteiger partial charge on any atom is -0.497 e. The van der Waals surface area contributed by atoms with E-state index in [2.05, 4.69) is 15.6 Å². The van der Waals surface area contributed by atoms with Gasteiger partial charge in [-0.15, -0.1) is 0 Å². The van der Waals surface area contributed by atoms with Gasteiger partial charge in [0.25, 0.3) is 11.5 Å². The molecule has 0 unspecified atom stereocenters. The summed E-state index contributed by atoms with van der Waals surface area (Å²) in [6.07, 6.45) is 1.69. The maximum absolute atomic E-state index is 14.7. The number of aryl methyl sites for hydroxylation is 1. The Bertz CT molecular complexity index is 1410. The van der Waals surface area contributed by atoms with Crippen molar-refractivity contribution in [2.75, 3.05) is 19.5 Å². The second-order valence-electron chi connectivity index (χ2n) is 8.33. The third-order valence-electron chi connectivity index (χ3n) is 5.79. The Kier molecular flexibility index (Phi) is 18.4. The van der Waals surface area contributed by atoms with E-state index in [0.717, 1.165) is 11.1 Å². The Morgan fingerprint density at radius 3 is 2.14 bits per heavy atom. The predicted octanol–water partition coefficient (Wildman–Crippen LogP) is 7.97. The van der Waals surface area contributed by atoms with E-state index < -0.39 is 17.3 Å². The molecule has 0 spiro atoms. The van der Waals surface area contributed by atoms with Crippen LogP contribution in [-0.2, 0) is 13.6 Å². The first-order chi connectivity index (χ1) is 20.7. The molecular formula is C34H49FN4O4. The van der Waals surface area contributed by atoms with Crippen LogP contribution in [0.5, 0.6) is 11.5 Å². The molecule has 0 saturated carbocycles. The van der Waals surface area contributed by atoms with E-state index in [4.69, 9.17) is 9.47 Å². The number of pyridine rings is 1. The van der Waals surface area contributed by atoms with Crippen molar-refractivity contribution >= 4 is 23.1 Å². The molecular weight excluding hydrogens is 547 g/mol. The van der Waals surface area contributed by atoms with Crippen LogP contribution in [0.3, 0.4) is 0 Å². The number of amides is 1. The summed E-state index contributed by atoms with van der Waals surface area (Å²) in [5, 5.41) is 5.79. The number of nitrogens with one attached hydrogen (secondary N) is 2. The normalized spacial score (nSPS) is 10.5. The summed E-state index contributed by atoms with van der Waals surface area (Å²) in [5.74, 6) is 0.139. The van der Waals surface area contributed by atoms with E-state index >= 15 is 0 Å². The molecule has 0 aliphatic heterocycles. The summed E-state index contributed by atoms with van der Waals surface area (Å²) in [7, 11) is 4.69. The highest BCUT2D eigenvalue weighted by Gasteiger charge is 2.24. The fourth-order valence-electron chi connectivity index (χ4n) is 3.56. The number of hydrogen-bond donors (Lipinski definition) is 2. The largest absolute Gasteiger partial charge is 0.497 e. The van der Waals surface area contributed by atoms with E-state index in [0.29, 0.717) is 17.2 Å². The summed E-state index contributed by atoms with van der Waals surface area (Å²) in [4.78, 5) is 30.6. The molecule has 0 fully saturated rings. The Labute approximate surface area is 256 Å². The zero-order chi connectivity index (χ0) is 33.1. The van der Waals surface area contributed by atoms with Crippen LogP contribution in [0.15, 0.2) is 70.2 Å². The Morgan fingerprint density at radius 2 is 1.63 bits per heavy atom. The number of benzene rings is 2. The van der Waals surface area contributed by atoms with Crippen molar-refractivity contribution in [1.29, 1.82) is 0 Å². The molecule has 8 nitrogen and oxygen atoms in total. The van der Waals surface area contributed by atoms with Crippen LogP contribution in [-0.4, -0.2) is 30.3 Å². The van der Waals surface area contributed by atoms with Crippen LogP contribution in [0, 0.1) is 12.7 Å². The van der Waals surface area contributed by atoms with Crippen LogP contribution < -0.4 is 25.7 Å². The zero-order valence-corrected chi connectivity index (χ0v) is 27.8. The molecule has 43 heavy (non-hydrogen) atoms. The molecule has 3 rings (SSSR count). The molecule has 2 aromatic carbocycles. The van der Waals surface area contributed by atoms with E-state index in [-0.39, 0.29) is 29.4 Å². The van der Waals surface area contributed by atoms with Gasteiger partial charge in [-0.1, -0.05) is 59.7 Å². The molecule has 0 saturated heterocycles. The molecule has 2 N–H and O–H groups in total. The van der Waals surface area contributed by atoms with Gasteiger partial charge in [-0.2, -0.15) is 0 Å². The van der Waals surface area contributed by atoms with Gasteiger partial charge in [-0.3, -0.25) is 19.1 Å². The average Bonchev–Trinajstić information content (AvgIpc) is 3.04. The highest BCUT2D eigenvalue weighted by molar-refractivity contribution is 6.03. The molecule has 0 radical (unpaired) electrons. The summed E-state index contributed by atoms with van der Waals surface area (Å²) in [6.45, 7) is 17.5. The number of halogens is 1. The fraction of sp³-hybridized carbons (Fsp3) is 0.382. The monoisotopic (exact) mass is 596 g/mol. The van der Waals surface area contributed by atoms with Crippen molar-refractivity contribution in [2.45, 2.75) is 68.9 Å². The molecule has 236 valence electrons. The van der Waals surface area contributed by atoms with E-state index in [1.165, 1.54) is 23.7 Å². The molecule has 1 amide bonds. The maximum atomic E-state index is 14.7. The van der Waals surface area contributed by atoms with Gasteiger partial charge in [-0.05, 0) is 62.2 Å². The smallest absolute Gasteiger partial charge is 0.259 e. The fourth-order valence-corrected chi connectivity index (χ4v) is 3.56. The molecule has 0 bridgehead atoms. The molecule has 1 heterocycles. The first kappa shape index (κ1) is 38.6. The van der Waals surface area contributed by atoms with Crippen molar-refractivity contribution in [3.63, 3.8) is 0 Å². The lowest BCUT2D eigenvalue weighted by Gasteiger charge is -2.20. The summed E-state index contributed by atoms with van der Waals surface area (Å²) in [5.41, 5.74) is 1.85. The number of ether oxygens (including phenoxy) is 2. The SMILES string of the molecule is C/C=C(/Oc1cc(=O)n(C)c(Nc2ccc(C)cc2F)c1C(=O)NCc1ccc(OC)cc1)C(C)=NC.CC.CC.CC. The molecule has 1 aromatic heterocycles. The van der Waals surface area contributed by atoms with E-state index in [1.807, 2.05) is 53.7 Å². The van der Waals surface area contributed by atoms with Crippen LogP contribution in [0.2, 0.25) is 0 Å². The van der Waals surface area contributed by atoms with Crippen LogP contribution in [0.4, 0.5) is 15.9 Å². The number of hydrogen-bond acceptors (Lipinski definition) is 6. The summed E-state index contributed by atoms with van der Waals surface area (Å²) < 4.78 is 27.2. The lowest BCUT2D eigenvalue weighted by atomic mass is 10.1. The van der Waals surface area contributed by atoms with Crippen molar-refractivity contribution in [3.05, 3.63) is 93.2 Å². The average molecular weight is 597 g/mol. The topological polar surface area (TPSA) is 94.0 Å². The lowest BCUT2D eigenvalue weighted by Crippen LogP contribution is -2.29. The molecule has 9 heteroatoms. The number of methoxy groups -OCH3 is 1. The van der Waals surface area contributed by atoms with Crippen molar-refractivity contribution < 1.29 is 18.7 Å². The highest BCUT2D eigenvalue weighted by atomic mass is 19.1. The maximum Gasteiger partial charge on any atom is 0.259 e. The lowest BCUT2D eigenvalue weighted by molar-refractivity contribution is 0.0948. The zero-order valence-electron chi connectivity index (χ0n) is 27.8. The minimum absolute atomic E-state index is 0.0152. The molecule has 3 aromatic rings. The standard InChI is InChI=1S/C28H31FN4O4.3C2H6/c1-7-23(18(3)30-4)37-24-15-25(34)33(5)27(32-22-13-8-17(2)14-21(22)29)26(24)28(35)31-16-19-9-11-20(36-6)12-10-19;3*1-2/h7-15,32H,16H2,1-6H3,(H,31,35);3*1-2H3/b23-7+,30-18?;;;. The van der Waals surface area contributed by atoms with Crippen molar-refractivity contribution in [1.82, 2.24) is 9.88 Å². The number of allylic oxidation sites excluding steroid dienone is 2. The van der Waals surface area contributed by atoms with Gasteiger partial charge in [-0.25, -0.2) is 4.39 Å². The van der Waals surface area contributed by atoms with Gasteiger partial charge >= 0.3 is 0 Å². The van der Waals surface area contributed by atoms with Gasteiger partial charge in [0, 0.05) is 26.7 Å². The quantitative estimate of drug-likeness (QED) is 0.193. The van der Waals surface area contributed by atoms with Crippen LogP contribution in [0.25, 0.3) is 0 Å². The number of rotatable bonds is 9. The van der Waals surface area contributed by atoms with Gasteiger partial charge in [0.15, 0.2) is 0 Å². The first-order valence-corrected chi connectivity index (χ1v) is 14.6. The number of carbonyl (C=O) groups excluding carboxylic acids is 1. The second kappa shape index (κ2) is 20.5. The third-order valence-corrected chi connectivity index (χ3v) is 5.79. The second-order valence-corrected chi connectivity index (χ2v) is 8.33. The number of carbonyl (C=O) groups is 1. The van der Waals surface area contributed by atoms with E-state index in [9.17, 15) is 14.0 Å². The Balaban J connectivity index is 0.00000276. The number of aromatic nitrogens is 1. The highest BCUT2D eigenvalue weighted by Crippen LogP contribution is 2.30. The summed E-state index contributed by atoms with van der Waals surface area (Å²) in [6, 6.07) is 13.1. The molecule has 0 aliphatic rings. The van der Waals surface area contributed by atoms with Crippen molar-refractivity contribution in [2.24, 2.45) is 12.0 Å². The Hall–Kier alpha value is -4.40.